The molecule has 1 aromatic carbocycles. The highest BCUT2D eigenvalue weighted by molar-refractivity contribution is 5.95. The first kappa shape index (κ1) is 21.1. The Morgan fingerprint density at radius 3 is 2.60 bits per heavy atom. The number of benzene rings is 1. The molecule has 1 amide bonds. The number of halogens is 1. The molecule has 9 heteroatoms. The molecule has 2 aromatic heterocycles. The number of nitrogens with one attached hydrogen (secondary N) is 2. The van der Waals surface area contributed by atoms with E-state index >= 15 is 0 Å². The Kier molecular flexibility index (Phi) is 6.53. The van der Waals surface area contributed by atoms with E-state index in [0.717, 1.165) is 11.3 Å². The molecule has 0 radical (unpaired) electrons. The maximum Gasteiger partial charge on any atom is 0.317 e. The zero-order valence-corrected chi connectivity index (χ0v) is 16.6. The van der Waals surface area contributed by atoms with Gasteiger partial charge in [-0.3, -0.25) is 24.6 Å². The molecule has 3 aromatic rings. The Morgan fingerprint density at radius 1 is 1.20 bits per heavy atom. The van der Waals surface area contributed by atoms with E-state index < -0.39 is 17.9 Å². The van der Waals surface area contributed by atoms with Crippen molar-refractivity contribution in [3.8, 4) is 11.3 Å². The number of amides is 1. The van der Waals surface area contributed by atoms with Crippen LogP contribution >= 0.6 is 0 Å². The average molecular weight is 411 g/mol. The summed E-state index contributed by atoms with van der Waals surface area (Å²) in [7, 11) is 1.70. The van der Waals surface area contributed by atoms with Crippen LogP contribution in [0.3, 0.4) is 0 Å². The summed E-state index contributed by atoms with van der Waals surface area (Å²) < 4.78 is 14.7. The number of hydrogen-bond donors (Lipinski definition) is 3. The number of pyridine rings is 1. The van der Waals surface area contributed by atoms with E-state index in [1.807, 2.05) is 19.1 Å². The minimum atomic E-state index is -1.08. The molecule has 1 atom stereocenters. The molecule has 0 fully saturated rings. The zero-order chi connectivity index (χ0) is 21.7. The number of aryl methyl sites for hydroxylation is 2. The first-order chi connectivity index (χ1) is 14.3. The Hall–Kier alpha value is -3.59. The monoisotopic (exact) mass is 411 g/mol. The lowest BCUT2D eigenvalue weighted by molar-refractivity contribution is -0.136. The molecule has 156 valence electrons. The van der Waals surface area contributed by atoms with Gasteiger partial charge in [0.05, 0.1) is 18.3 Å². The Balaban J connectivity index is 1.77. The van der Waals surface area contributed by atoms with Gasteiger partial charge in [0, 0.05) is 30.6 Å². The normalized spacial score (nSPS) is 11.8. The number of nitrogens with zero attached hydrogens (tertiary/aromatic N) is 3. The summed E-state index contributed by atoms with van der Waals surface area (Å²) in [6, 6.07) is 10.3. The Morgan fingerprint density at radius 2 is 1.93 bits per heavy atom. The molecular weight excluding hydrogens is 389 g/mol. The Labute approximate surface area is 172 Å². The van der Waals surface area contributed by atoms with Crippen LogP contribution in [0.5, 0.6) is 0 Å². The van der Waals surface area contributed by atoms with Gasteiger partial charge in [-0.05, 0) is 43.2 Å². The van der Waals surface area contributed by atoms with E-state index in [9.17, 15) is 14.0 Å². The third kappa shape index (κ3) is 5.48. The highest BCUT2D eigenvalue weighted by Crippen LogP contribution is 2.21. The summed E-state index contributed by atoms with van der Waals surface area (Å²) in [6.45, 7) is 1.50. The van der Waals surface area contributed by atoms with Crippen LogP contribution < -0.4 is 10.6 Å². The molecule has 8 nitrogen and oxygen atoms in total. The molecule has 2 heterocycles. The van der Waals surface area contributed by atoms with E-state index in [0.29, 0.717) is 17.1 Å². The molecule has 0 spiro atoms. The SMILES string of the molecule is Cc1cc(-c2cc(NC(=O)[C@H](Cc3ccc(F)cc3)NCC(=O)O)n(C)n2)ccn1. The predicted molar refractivity (Wildman–Crippen MR) is 109 cm³/mol. The quantitative estimate of drug-likeness (QED) is 0.524. The fourth-order valence-corrected chi connectivity index (χ4v) is 2.97. The maximum atomic E-state index is 13.1. The van der Waals surface area contributed by atoms with E-state index in [-0.39, 0.29) is 18.8 Å². The first-order valence-corrected chi connectivity index (χ1v) is 9.29. The lowest BCUT2D eigenvalue weighted by atomic mass is 10.1. The van der Waals surface area contributed by atoms with Crippen molar-refractivity contribution in [1.29, 1.82) is 0 Å². The second-order valence-corrected chi connectivity index (χ2v) is 6.87. The highest BCUT2D eigenvalue weighted by Gasteiger charge is 2.21. The van der Waals surface area contributed by atoms with Crippen LogP contribution in [-0.2, 0) is 23.1 Å². The highest BCUT2D eigenvalue weighted by atomic mass is 19.1. The van der Waals surface area contributed by atoms with E-state index in [1.165, 1.54) is 16.8 Å². The zero-order valence-electron chi connectivity index (χ0n) is 16.6. The van der Waals surface area contributed by atoms with Crippen LogP contribution in [0.15, 0.2) is 48.7 Å². The van der Waals surface area contributed by atoms with E-state index in [4.69, 9.17) is 5.11 Å². The molecule has 30 heavy (non-hydrogen) atoms. The molecular formula is C21H22FN5O3. The number of rotatable bonds is 8. The van der Waals surface area contributed by atoms with Gasteiger partial charge >= 0.3 is 5.97 Å². The van der Waals surface area contributed by atoms with Crippen LogP contribution in [0.2, 0.25) is 0 Å². The van der Waals surface area contributed by atoms with Gasteiger partial charge in [0.15, 0.2) is 0 Å². The molecule has 0 aliphatic rings. The minimum Gasteiger partial charge on any atom is -0.480 e. The van der Waals surface area contributed by atoms with Crippen LogP contribution in [0.25, 0.3) is 11.3 Å². The van der Waals surface area contributed by atoms with Crippen molar-refractivity contribution < 1.29 is 19.1 Å². The number of aromatic nitrogens is 3. The van der Waals surface area contributed by atoms with E-state index in [2.05, 4.69) is 20.7 Å². The van der Waals surface area contributed by atoms with Crippen molar-refractivity contribution in [2.75, 3.05) is 11.9 Å². The average Bonchev–Trinajstić information content (AvgIpc) is 3.07. The smallest absolute Gasteiger partial charge is 0.317 e. The number of carbonyl (C=O) groups is 2. The topological polar surface area (TPSA) is 109 Å². The molecule has 0 aliphatic heterocycles. The number of carbonyl (C=O) groups excluding carboxylic acids is 1. The van der Waals surface area contributed by atoms with Gasteiger partial charge < -0.3 is 10.4 Å². The van der Waals surface area contributed by atoms with Crippen molar-refractivity contribution in [2.24, 2.45) is 7.05 Å². The number of carboxylic acid groups (broad SMARTS) is 1. The van der Waals surface area contributed by atoms with Crippen LogP contribution in [0.1, 0.15) is 11.3 Å². The van der Waals surface area contributed by atoms with Crippen molar-refractivity contribution in [3.63, 3.8) is 0 Å². The van der Waals surface area contributed by atoms with Crippen LogP contribution in [0.4, 0.5) is 10.2 Å². The van der Waals surface area contributed by atoms with Crippen molar-refractivity contribution >= 4 is 17.7 Å². The number of hydrogen-bond acceptors (Lipinski definition) is 5. The Bertz CT molecular complexity index is 1050. The fraction of sp³-hybridized carbons (Fsp3) is 0.238. The molecule has 0 aliphatic carbocycles. The van der Waals surface area contributed by atoms with Crippen molar-refractivity contribution in [3.05, 3.63) is 65.7 Å². The van der Waals surface area contributed by atoms with Crippen molar-refractivity contribution in [1.82, 2.24) is 20.1 Å². The van der Waals surface area contributed by atoms with Gasteiger partial charge in [-0.25, -0.2) is 4.39 Å². The van der Waals surface area contributed by atoms with Gasteiger partial charge in [-0.15, -0.1) is 0 Å². The van der Waals surface area contributed by atoms with Gasteiger partial charge in [-0.2, -0.15) is 5.10 Å². The van der Waals surface area contributed by atoms with Crippen LogP contribution in [0, 0.1) is 12.7 Å². The maximum absolute atomic E-state index is 13.1. The van der Waals surface area contributed by atoms with E-state index in [1.54, 1.807) is 31.4 Å². The summed E-state index contributed by atoms with van der Waals surface area (Å²) in [5.41, 5.74) is 3.09. The summed E-state index contributed by atoms with van der Waals surface area (Å²) in [5, 5.41) is 18.9. The first-order valence-electron chi connectivity index (χ1n) is 9.29. The molecule has 0 saturated heterocycles. The fourth-order valence-electron chi connectivity index (χ4n) is 2.97. The van der Waals surface area contributed by atoms with Gasteiger partial charge in [0.25, 0.3) is 0 Å². The number of anilines is 1. The molecule has 3 N–H and O–H groups in total. The summed E-state index contributed by atoms with van der Waals surface area (Å²) in [6.07, 6.45) is 1.89. The third-order valence-corrected chi connectivity index (χ3v) is 4.49. The lowest BCUT2D eigenvalue weighted by Gasteiger charge is -2.17. The standard InChI is InChI=1S/C21H22FN5O3/c1-13-9-15(7-8-23-13)17-11-19(27(2)26-17)25-21(30)18(24-12-20(28)29)10-14-3-5-16(22)6-4-14/h3-9,11,18,24H,10,12H2,1-2H3,(H,25,30)(H,28,29)/t18-/m0/s1. The van der Waals surface area contributed by atoms with Gasteiger partial charge in [0.2, 0.25) is 5.91 Å². The number of aliphatic carboxylic acids is 1. The van der Waals surface area contributed by atoms with Crippen molar-refractivity contribution in [2.45, 2.75) is 19.4 Å². The van der Waals surface area contributed by atoms with Crippen LogP contribution in [-0.4, -0.2) is 44.3 Å². The molecule has 0 saturated carbocycles. The summed E-state index contributed by atoms with van der Waals surface area (Å²) in [5.74, 6) is -1.42. The minimum absolute atomic E-state index is 0.202. The summed E-state index contributed by atoms with van der Waals surface area (Å²) >= 11 is 0. The third-order valence-electron chi connectivity index (χ3n) is 4.49. The molecule has 3 rings (SSSR count). The second-order valence-electron chi connectivity index (χ2n) is 6.87. The molecule has 0 bridgehead atoms. The lowest BCUT2D eigenvalue weighted by Crippen LogP contribution is -2.44. The predicted octanol–water partition coefficient (Wildman–Crippen LogP) is 2.15. The van der Waals surface area contributed by atoms with Gasteiger partial charge in [-0.1, -0.05) is 12.1 Å². The number of carboxylic acids is 1. The summed E-state index contributed by atoms with van der Waals surface area (Å²) in [4.78, 5) is 28.0. The van der Waals surface area contributed by atoms with Gasteiger partial charge in [0.1, 0.15) is 11.6 Å². The largest absolute Gasteiger partial charge is 0.480 e. The second kappa shape index (κ2) is 9.27. The molecule has 0 unspecified atom stereocenters.